The summed E-state index contributed by atoms with van der Waals surface area (Å²) >= 11 is 0. The van der Waals surface area contributed by atoms with Crippen LogP contribution in [-0.4, -0.2) is 5.11 Å². The van der Waals surface area contributed by atoms with Crippen LogP contribution in [0.25, 0.3) is 11.1 Å². The number of ether oxygens (including phenoxy) is 1. The van der Waals surface area contributed by atoms with Crippen LogP contribution in [0, 0.1) is 0 Å². The molecule has 4 aromatic carbocycles. The van der Waals surface area contributed by atoms with E-state index in [1.807, 2.05) is 19.1 Å². The van der Waals surface area contributed by atoms with Gasteiger partial charge >= 0.3 is 0 Å². The minimum Gasteiger partial charge on any atom is -0.508 e. The zero-order valence-electron chi connectivity index (χ0n) is 16.1. The molecule has 0 aliphatic carbocycles. The highest BCUT2D eigenvalue weighted by Gasteiger charge is 2.26. The lowest BCUT2D eigenvalue weighted by Crippen LogP contribution is -2.02. The largest absolute Gasteiger partial charge is 0.508 e. The van der Waals surface area contributed by atoms with E-state index >= 15 is 0 Å². The second-order valence-corrected chi connectivity index (χ2v) is 9.37. The summed E-state index contributed by atoms with van der Waals surface area (Å²) in [4.78, 5) is 4.19. The number of aromatic hydroxyl groups is 1. The number of rotatable bonds is 4. The standard InChI is InChI=1S/C26H22O2S/c1-18(19-10-12-20(27)13-11-19)28-21-14-16-22(17-15-21)29-25-8-4-2-6-23(25)24-7-3-5-9-26(24)29/h2-18,27,29H,1H3. The van der Waals surface area contributed by atoms with Crippen LogP contribution in [0.1, 0.15) is 18.6 Å². The summed E-state index contributed by atoms with van der Waals surface area (Å²) in [5, 5.41) is 9.46. The minimum absolute atomic E-state index is 0.0832. The van der Waals surface area contributed by atoms with Crippen LogP contribution in [0.3, 0.4) is 0 Å². The minimum atomic E-state index is -0.535. The molecule has 1 heterocycles. The third-order valence-corrected chi connectivity index (χ3v) is 7.91. The normalized spacial score (nSPS) is 14.2. The Morgan fingerprint density at radius 2 is 1.24 bits per heavy atom. The fraction of sp³-hybridized carbons (Fsp3) is 0.0769. The fourth-order valence-electron chi connectivity index (χ4n) is 3.89. The van der Waals surface area contributed by atoms with Crippen LogP contribution in [0.15, 0.2) is 112 Å². The van der Waals surface area contributed by atoms with Crippen molar-refractivity contribution < 1.29 is 9.84 Å². The van der Waals surface area contributed by atoms with E-state index in [1.165, 1.54) is 25.8 Å². The molecule has 144 valence electrons. The first-order valence-electron chi connectivity index (χ1n) is 9.75. The van der Waals surface area contributed by atoms with Gasteiger partial charge in [0.15, 0.2) is 0 Å². The van der Waals surface area contributed by atoms with E-state index in [0.29, 0.717) is 0 Å². The summed E-state index contributed by atoms with van der Waals surface area (Å²) in [5.41, 5.74) is 3.75. The summed E-state index contributed by atoms with van der Waals surface area (Å²) < 4.78 is 6.12. The van der Waals surface area contributed by atoms with Gasteiger partial charge in [-0.25, -0.2) is 0 Å². The Morgan fingerprint density at radius 3 is 1.83 bits per heavy atom. The predicted molar refractivity (Wildman–Crippen MR) is 119 cm³/mol. The van der Waals surface area contributed by atoms with Gasteiger partial charge in [0.2, 0.25) is 0 Å². The molecule has 1 unspecified atom stereocenters. The molecule has 1 N–H and O–H groups in total. The molecule has 5 rings (SSSR count). The summed E-state index contributed by atoms with van der Waals surface area (Å²) in [6.07, 6.45) is -0.0832. The molecule has 1 atom stereocenters. The van der Waals surface area contributed by atoms with E-state index in [4.69, 9.17) is 4.74 Å². The third kappa shape index (κ3) is 3.28. The third-order valence-electron chi connectivity index (χ3n) is 5.35. The maximum atomic E-state index is 9.46. The topological polar surface area (TPSA) is 29.5 Å². The van der Waals surface area contributed by atoms with Gasteiger partial charge in [-0.05, 0) is 77.0 Å². The monoisotopic (exact) mass is 398 g/mol. The number of fused-ring (bicyclic) bond motifs is 3. The summed E-state index contributed by atoms with van der Waals surface area (Å²) in [7, 11) is -0.535. The Labute approximate surface area is 173 Å². The van der Waals surface area contributed by atoms with Crippen LogP contribution in [0.5, 0.6) is 11.5 Å². The van der Waals surface area contributed by atoms with Gasteiger partial charge in [-0.1, -0.05) is 48.5 Å². The number of phenols is 1. The van der Waals surface area contributed by atoms with Gasteiger partial charge < -0.3 is 9.84 Å². The lowest BCUT2D eigenvalue weighted by Gasteiger charge is -2.20. The first kappa shape index (κ1) is 17.9. The SMILES string of the molecule is CC(Oc1ccc([SH]2c3ccccc3-c3ccccc32)cc1)c1ccc(O)cc1. The number of hydrogen-bond donors (Lipinski definition) is 2. The molecule has 3 heteroatoms. The highest BCUT2D eigenvalue weighted by atomic mass is 32.2. The molecule has 0 aromatic heterocycles. The van der Waals surface area contributed by atoms with E-state index in [1.54, 1.807) is 12.1 Å². The quantitative estimate of drug-likeness (QED) is 0.319. The highest BCUT2D eigenvalue weighted by Crippen LogP contribution is 2.62. The average Bonchev–Trinajstić information content (AvgIpc) is 3.09. The number of benzene rings is 4. The molecule has 2 nitrogen and oxygen atoms in total. The van der Waals surface area contributed by atoms with Crippen LogP contribution in [0.2, 0.25) is 0 Å². The molecular formula is C26H22O2S. The van der Waals surface area contributed by atoms with Crippen molar-refractivity contribution in [1.29, 1.82) is 0 Å². The smallest absolute Gasteiger partial charge is 0.121 e. The van der Waals surface area contributed by atoms with E-state index in [2.05, 4.69) is 72.8 Å². The van der Waals surface area contributed by atoms with Crippen molar-refractivity contribution in [3.8, 4) is 22.6 Å². The lowest BCUT2D eigenvalue weighted by atomic mass is 10.1. The van der Waals surface area contributed by atoms with Gasteiger partial charge in [-0.15, -0.1) is 0 Å². The predicted octanol–water partition coefficient (Wildman–Crippen LogP) is 6.99. The van der Waals surface area contributed by atoms with Gasteiger partial charge in [-0.2, -0.15) is 10.9 Å². The molecule has 0 bridgehead atoms. The molecule has 4 aromatic rings. The Kier molecular flexibility index (Phi) is 4.53. The Morgan fingerprint density at radius 1 is 0.690 bits per heavy atom. The van der Waals surface area contributed by atoms with Crippen molar-refractivity contribution in [3.63, 3.8) is 0 Å². The Hall–Kier alpha value is -3.17. The lowest BCUT2D eigenvalue weighted by molar-refractivity contribution is 0.226. The average molecular weight is 399 g/mol. The van der Waals surface area contributed by atoms with Gasteiger partial charge in [0.05, 0.1) is 0 Å². The van der Waals surface area contributed by atoms with Crippen molar-refractivity contribution in [2.24, 2.45) is 0 Å². The van der Waals surface area contributed by atoms with Crippen molar-refractivity contribution in [3.05, 3.63) is 103 Å². The Bertz CT molecular complexity index is 1100. The molecule has 1 aliphatic heterocycles. The molecule has 0 saturated carbocycles. The molecule has 0 fully saturated rings. The van der Waals surface area contributed by atoms with E-state index in [-0.39, 0.29) is 11.9 Å². The van der Waals surface area contributed by atoms with E-state index in [0.717, 1.165) is 11.3 Å². The molecular weight excluding hydrogens is 376 g/mol. The Balaban J connectivity index is 1.43. The summed E-state index contributed by atoms with van der Waals surface area (Å²) in [5.74, 6) is 1.12. The summed E-state index contributed by atoms with van der Waals surface area (Å²) in [6, 6.07) is 33.2. The van der Waals surface area contributed by atoms with Crippen molar-refractivity contribution >= 4 is 10.9 Å². The molecule has 0 amide bonds. The van der Waals surface area contributed by atoms with Gasteiger partial charge in [0, 0.05) is 9.79 Å². The van der Waals surface area contributed by atoms with Gasteiger partial charge in [0.25, 0.3) is 0 Å². The number of phenolic OH excluding ortho intramolecular Hbond substituents is 1. The van der Waals surface area contributed by atoms with Crippen molar-refractivity contribution in [2.45, 2.75) is 27.7 Å². The second-order valence-electron chi connectivity index (χ2n) is 7.22. The first-order valence-corrected chi connectivity index (χ1v) is 11.1. The molecule has 0 spiro atoms. The maximum Gasteiger partial charge on any atom is 0.121 e. The maximum absolute atomic E-state index is 9.46. The first-order chi connectivity index (χ1) is 14.2. The number of hydrogen-bond acceptors (Lipinski definition) is 2. The van der Waals surface area contributed by atoms with Crippen molar-refractivity contribution in [1.82, 2.24) is 0 Å². The van der Waals surface area contributed by atoms with E-state index in [9.17, 15) is 5.11 Å². The highest BCUT2D eigenvalue weighted by molar-refractivity contribution is 8.17. The molecule has 1 aliphatic rings. The van der Waals surface area contributed by atoms with Gasteiger partial charge in [0.1, 0.15) is 17.6 Å². The van der Waals surface area contributed by atoms with Crippen molar-refractivity contribution in [2.75, 3.05) is 0 Å². The number of thiol groups is 1. The van der Waals surface area contributed by atoms with E-state index < -0.39 is 10.9 Å². The summed E-state index contributed by atoms with van der Waals surface area (Å²) in [6.45, 7) is 2.02. The van der Waals surface area contributed by atoms with Crippen LogP contribution < -0.4 is 4.74 Å². The fourth-order valence-corrected chi connectivity index (χ4v) is 6.50. The zero-order valence-corrected chi connectivity index (χ0v) is 17.0. The van der Waals surface area contributed by atoms with Gasteiger partial charge in [-0.3, -0.25) is 0 Å². The van der Waals surface area contributed by atoms with Crippen LogP contribution >= 0.6 is 10.9 Å². The molecule has 0 radical (unpaired) electrons. The van der Waals surface area contributed by atoms with Crippen LogP contribution in [0.4, 0.5) is 0 Å². The molecule has 0 saturated heterocycles. The second kappa shape index (κ2) is 7.34. The zero-order chi connectivity index (χ0) is 19.8. The molecule has 29 heavy (non-hydrogen) atoms. The van der Waals surface area contributed by atoms with Crippen LogP contribution in [-0.2, 0) is 0 Å².